The van der Waals surface area contributed by atoms with Crippen LogP contribution in [-0.2, 0) is 23.2 Å². The predicted octanol–water partition coefficient (Wildman–Crippen LogP) is 3.33. The van der Waals surface area contributed by atoms with Gasteiger partial charge in [0.15, 0.2) is 11.5 Å². The maximum Gasteiger partial charge on any atom is 0.233 e. The zero-order valence-corrected chi connectivity index (χ0v) is 16.1. The number of hydrogen-bond donors (Lipinski definition) is 0. The standard InChI is InChI=1S/C22H25NO4/c1-25-18-6-4-17(5-7-18)22(9-10-22)21(24)23-11-8-15-12-19(26-2)20(27-3)13-16(15)14-23/h4-7,12-13H,8-11,14H2,1-3H3. The van der Waals surface area contributed by atoms with E-state index in [1.54, 1.807) is 21.3 Å². The van der Waals surface area contributed by atoms with Crippen molar-refractivity contribution < 1.29 is 19.0 Å². The van der Waals surface area contributed by atoms with E-state index in [1.165, 1.54) is 5.56 Å². The summed E-state index contributed by atoms with van der Waals surface area (Å²) in [5, 5.41) is 0. The number of methoxy groups -OCH3 is 3. The summed E-state index contributed by atoms with van der Waals surface area (Å²) in [4.78, 5) is 15.4. The van der Waals surface area contributed by atoms with Crippen molar-refractivity contribution in [1.82, 2.24) is 4.90 Å². The monoisotopic (exact) mass is 367 g/mol. The molecule has 142 valence electrons. The Labute approximate surface area is 159 Å². The van der Waals surface area contributed by atoms with Crippen LogP contribution in [0.3, 0.4) is 0 Å². The lowest BCUT2D eigenvalue weighted by atomic mass is 9.92. The van der Waals surface area contributed by atoms with E-state index in [-0.39, 0.29) is 11.3 Å². The predicted molar refractivity (Wildman–Crippen MR) is 103 cm³/mol. The van der Waals surface area contributed by atoms with E-state index in [4.69, 9.17) is 14.2 Å². The Kier molecular flexibility index (Phi) is 4.46. The van der Waals surface area contributed by atoms with Gasteiger partial charge in [-0.1, -0.05) is 12.1 Å². The van der Waals surface area contributed by atoms with Gasteiger partial charge in [0.1, 0.15) is 5.75 Å². The number of fused-ring (bicyclic) bond motifs is 1. The fourth-order valence-electron chi connectivity index (χ4n) is 4.02. The van der Waals surface area contributed by atoms with E-state index < -0.39 is 0 Å². The molecule has 0 spiro atoms. The van der Waals surface area contributed by atoms with Gasteiger partial charge >= 0.3 is 0 Å². The highest BCUT2D eigenvalue weighted by atomic mass is 16.5. The first kappa shape index (κ1) is 17.7. The van der Waals surface area contributed by atoms with Crippen molar-refractivity contribution in [2.24, 2.45) is 0 Å². The molecule has 2 aromatic carbocycles. The third kappa shape index (κ3) is 3.01. The fraction of sp³-hybridized carbons (Fsp3) is 0.409. The van der Waals surface area contributed by atoms with Crippen LogP contribution in [0.4, 0.5) is 0 Å². The summed E-state index contributed by atoms with van der Waals surface area (Å²) in [5.41, 5.74) is 3.09. The quantitative estimate of drug-likeness (QED) is 0.813. The van der Waals surface area contributed by atoms with Crippen molar-refractivity contribution >= 4 is 5.91 Å². The molecule has 1 amide bonds. The third-order valence-electron chi connectivity index (χ3n) is 5.81. The van der Waals surface area contributed by atoms with Gasteiger partial charge < -0.3 is 19.1 Å². The van der Waals surface area contributed by atoms with Crippen LogP contribution in [0.2, 0.25) is 0 Å². The molecular formula is C22H25NO4. The topological polar surface area (TPSA) is 48.0 Å². The fourth-order valence-corrected chi connectivity index (χ4v) is 4.02. The van der Waals surface area contributed by atoms with Gasteiger partial charge in [-0.3, -0.25) is 4.79 Å². The maximum atomic E-state index is 13.4. The zero-order valence-electron chi connectivity index (χ0n) is 16.1. The highest BCUT2D eigenvalue weighted by molar-refractivity contribution is 5.91. The molecule has 1 heterocycles. The van der Waals surface area contributed by atoms with Crippen molar-refractivity contribution in [3.05, 3.63) is 53.1 Å². The normalized spacial score (nSPS) is 17.1. The van der Waals surface area contributed by atoms with E-state index in [1.807, 2.05) is 41.3 Å². The first-order valence-electron chi connectivity index (χ1n) is 9.29. The molecule has 5 nitrogen and oxygen atoms in total. The van der Waals surface area contributed by atoms with Crippen molar-refractivity contribution in [2.75, 3.05) is 27.9 Å². The zero-order chi connectivity index (χ0) is 19.0. The highest BCUT2D eigenvalue weighted by Gasteiger charge is 2.53. The van der Waals surface area contributed by atoms with Gasteiger partial charge in [0.25, 0.3) is 0 Å². The van der Waals surface area contributed by atoms with Crippen LogP contribution in [0.25, 0.3) is 0 Å². The second-order valence-electron chi connectivity index (χ2n) is 7.26. The lowest BCUT2D eigenvalue weighted by Crippen LogP contribution is -2.42. The van der Waals surface area contributed by atoms with Crippen molar-refractivity contribution in [1.29, 1.82) is 0 Å². The molecular weight excluding hydrogens is 342 g/mol. The summed E-state index contributed by atoms with van der Waals surface area (Å²) in [6.07, 6.45) is 2.65. The van der Waals surface area contributed by atoms with Crippen LogP contribution < -0.4 is 14.2 Å². The second-order valence-corrected chi connectivity index (χ2v) is 7.26. The Morgan fingerprint density at radius 2 is 1.56 bits per heavy atom. The molecule has 1 aliphatic carbocycles. The molecule has 1 aliphatic heterocycles. The number of carbonyl (C=O) groups is 1. The number of amides is 1. The van der Waals surface area contributed by atoms with E-state index in [0.29, 0.717) is 12.3 Å². The Morgan fingerprint density at radius 3 is 2.11 bits per heavy atom. The van der Waals surface area contributed by atoms with Gasteiger partial charge in [0, 0.05) is 13.1 Å². The van der Waals surface area contributed by atoms with E-state index in [2.05, 4.69) is 0 Å². The molecule has 0 unspecified atom stereocenters. The van der Waals surface area contributed by atoms with Crippen LogP contribution in [-0.4, -0.2) is 38.7 Å². The van der Waals surface area contributed by atoms with Gasteiger partial charge in [-0.25, -0.2) is 0 Å². The smallest absolute Gasteiger partial charge is 0.233 e. The number of carbonyl (C=O) groups excluding carboxylic acids is 1. The number of hydrogen-bond acceptors (Lipinski definition) is 4. The average molecular weight is 367 g/mol. The van der Waals surface area contributed by atoms with Gasteiger partial charge in [-0.2, -0.15) is 0 Å². The van der Waals surface area contributed by atoms with Gasteiger partial charge in [0.2, 0.25) is 5.91 Å². The Bertz CT molecular complexity index is 855. The summed E-state index contributed by atoms with van der Waals surface area (Å²) < 4.78 is 16.1. The maximum absolute atomic E-state index is 13.4. The summed E-state index contributed by atoms with van der Waals surface area (Å²) in [5.74, 6) is 2.50. The molecule has 27 heavy (non-hydrogen) atoms. The Morgan fingerprint density at radius 1 is 0.926 bits per heavy atom. The third-order valence-corrected chi connectivity index (χ3v) is 5.81. The van der Waals surface area contributed by atoms with Crippen molar-refractivity contribution in [3.8, 4) is 17.2 Å². The number of benzene rings is 2. The largest absolute Gasteiger partial charge is 0.497 e. The van der Waals surface area contributed by atoms with E-state index in [9.17, 15) is 4.79 Å². The van der Waals surface area contributed by atoms with E-state index >= 15 is 0 Å². The lowest BCUT2D eigenvalue weighted by Gasteiger charge is -2.32. The van der Waals surface area contributed by atoms with Crippen LogP contribution in [0.5, 0.6) is 17.2 Å². The SMILES string of the molecule is COc1ccc(C2(C(=O)N3CCc4cc(OC)c(OC)cc4C3)CC2)cc1. The molecule has 0 saturated heterocycles. The summed E-state index contributed by atoms with van der Waals surface area (Å²) >= 11 is 0. The first-order chi connectivity index (χ1) is 13.1. The molecule has 4 rings (SSSR count). The summed E-state index contributed by atoms with van der Waals surface area (Å²) in [6, 6.07) is 12.0. The minimum atomic E-state index is -0.361. The van der Waals surface area contributed by atoms with Crippen LogP contribution in [0.1, 0.15) is 29.5 Å². The number of ether oxygens (including phenoxy) is 3. The molecule has 0 atom stereocenters. The number of rotatable bonds is 5. The first-order valence-corrected chi connectivity index (χ1v) is 9.29. The summed E-state index contributed by atoms with van der Waals surface area (Å²) in [6.45, 7) is 1.35. The molecule has 1 saturated carbocycles. The molecule has 1 fully saturated rings. The molecule has 0 aromatic heterocycles. The van der Waals surface area contributed by atoms with E-state index in [0.717, 1.165) is 48.4 Å². The molecule has 5 heteroatoms. The van der Waals surface area contributed by atoms with Gasteiger partial charge in [-0.15, -0.1) is 0 Å². The van der Waals surface area contributed by atoms with Gasteiger partial charge in [0.05, 0.1) is 26.7 Å². The second kappa shape index (κ2) is 6.80. The van der Waals surface area contributed by atoms with Crippen LogP contribution >= 0.6 is 0 Å². The van der Waals surface area contributed by atoms with Crippen LogP contribution in [0, 0.1) is 0 Å². The summed E-state index contributed by atoms with van der Waals surface area (Å²) in [7, 11) is 4.94. The average Bonchev–Trinajstić information content (AvgIpc) is 3.53. The minimum Gasteiger partial charge on any atom is -0.497 e. The van der Waals surface area contributed by atoms with Crippen molar-refractivity contribution in [2.45, 2.75) is 31.2 Å². The Balaban J connectivity index is 1.57. The van der Waals surface area contributed by atoms with Crippen LogP contribution in [0.15, 0.2) is 36.4 Å². The molecule has 0 radical (unpaired) electrons. The highest BCUT2D eigenvalue weighted by Crippen LogP contribution is 2.50. The van der Waals surface area contributed by atoms with Gasteiger partial charge in [-0.05, 0) is 60.2 Å². The minimum absolute atomic E-state index is 0.230. The molecule has 2 aliphatic rings. The molecule has 2 aromatic rings. The Hall–Kier alpha value is -2.69. The molecule has 0 N–H and O–H groups in total. The lowest BCUT2D eigenvalue weighted by molar-refractivity contribution is -0.134. The number of nitrogens with zero attached hydrogens (tertiary/aromatic N) is 1. The molecule has 0 bridgehead atoms. The van der Waals surface area contributed by atoms with Crippen molar-refractivity contribution in [3.63, 3.8) is 0 Å².